The number of carbonyl (C=O) groups is 2. The van der Waals surface area contributed by atoms with E-state index in [0.717, 1.165) is 12.8 Å². The van der Waals surface area contributed by atoms with Crippen LogP contribution in [0.15, 0.2) is 30.4 Å². The number of benzene rings is 1. The van der Waals surface area contributed by atoms with Gasteiger partial charge < -0.3 is 10.1 Å². The van der Waals surface area contributed by atoms with Crippen LogP contribution in [-0.4, -0.2) is 18.5 Å². The number of nitrogens with one attached hydrogen (secondary N) is 1. The summed E-state index contributed by atoms with van der Waals surface area (Å²) in [6, 6.07) is 6.51. The second kappa shape index (κ2) is 7.62. The van der Waals surface area contributed by atoms with Crippen LogP contribution >= 0.6 is 11.6 Å². The van der Waals surface area contributed by atoms with Crippen molar-refractivity contribution >= 4 is 29.2 Å². The van der Waals surface area contributed by atoms with Gasteiger partial charge in [0.15, 0.2) is 6.61 Å². The molecule has 2 rings (SSSR count). The van der Waals surface area contributed by atoms with Gasteiger partial charge in [0.05, 0.1) is 17.2 Å². The smallest absolute Gasteiger partial charge is 0.309 e. The molecular formula is C16H15ClN2O3. The van der Waals surface area contributed by atoms with Crippen molar-refractivity contribution in [2.24, 2.45) is 5.92 Å². The van der Waals surface area contributed by atoms with E-state index < -0.39 is 5.91 Å². The van der Waals surface area contributed by atoms with E-state index in [1.807, 2.05) is 18.2 Å². The molecule has 5 nitrogen and oxygen atoms in total. The highest BCUT2D eigenvalue weighted by molar-refractivity contribution is 6.31. The van der Waals surface area contributed by atoms with E-state index in [9.17, 15) is 9.59 Å². The highest BCUT2D eigenvalue weighted by Crippen LogP contribution is 2.21. The summed E-state index contributed by atoms with van der Waals surface area (Å²) in [4.78, 5) is 23.6. The first-order valence-corrected chi connectivity index (χ1v) is 7.29. The number of hydrogen-bond donors (Lipinski definition) is 1. The van der Waals surface area contributed by atoms with E-state index in [2.05, 4.69) is 5.32 Å². The first-order chi connectivity index (χ1) is 10.6. The highest BCUT2D eigenvalue weighted by atomic mass is 35.5. The summed E-state index contributed by atoms with van der Waals surface area (Å²) in [5.41, 5.74) is 0.596. The van der Waals surface area contributed by atoms with Crippen molar-refractivity contribution in [2.75, 3.05) is 11.9 Å². The molecule has 0 fully saturated rings. The molecule has 1 atom stereocenters. The van der Waals surface area contributed by atoms with Crippen molar-refractivity contribution in [3.05, 3.63) is 40.9 Å². The Balaban J connectivity index is 1.88. The SMILES string of the molecule is N#Cc1ccc(Cl)cc1NC(=O)COC(=O)[C@@H]1CC=CCC1. The average molecular weight is 319 g/mol. The number of nitriles is 1. The van der Waals surface area contributed by atoms with Crippen molar-refractivity contribution in [3.63, 3.8) is 0 Å². The van der Waals surface area contributed by atoms with Gasteiger partial charge in [-0.15, -0.1) is 0 Å². The molecule has 0 saturated carbocycles. The number of esters is 1. The lowest BCUT2D eigenvalue weighted by atomic mass is 9.95. The highest BCUT2D eigenvalue weighted by Gasteiger charge is 2.21. The van der Waals surface area contributed by atoms with Crippen LogP contribution in [-0.2, 0) is 14.3 Å². The lowest BCUT2D eigenvalue weighted by molar-refractivity contribution is -0.151. The molecule has 1 amide bonds. The van der Waals surface area contributed by atoms with Gasteiger partial charge in [-0.2, -0.15) is 5.26 Å². The Morgan fingerprint density at radius 3 is 2.91 bits per heavy atom. The van der Waals surface area contributed by atoms with Gasteiger partial charge >= 0.3 is 5.97 Å². The number of ether oxygens (including phenoxy) is 1. The Labute approximate surface area is 133 Å². The third-order valence-corrected chi connectivity index (χ3v) is 3.56. The fraction of sp³-hybridized carbons (Fsp3) is 0.312. The third-order valence-electron chi connectivity index (χ3n) is 3.32. The van der Waals surface area contributed by atoms with Crippen LogP contribution in [0.2, 0.25) is 5.02 Å². The number of halogens is 1. The molecule has 1 aliphatic rings. The van der Waals surface area contributed by atoms with Crippen LogP contribution < -0.4 is 5.32 Å². The first-order valence-electron chi connectivity index (χ1n) is 6.91. The summed E-state index contributed by atoms with van der Waals surface area (Å²) in [6.45, 7) is -0.379. The van der Waals surface area contributed by atoms with E-state index >= 15 is 0 Å². The van der Waals surface area contributed by atoms with Crippen LogP contribution in [0.25, 0.3) is 0 Å². The van der Waals surface area contributed by atoms with Crippen LogP contribution in [0.1, 0.15) is 24.8 Å². The Hall–Kier alpha value is -2.32. The molecule has 0 unspecified atom stereocenters. The topological polar surface area (TPSA) is 79.2 Å². The molecule has 0 heterocycles. The molecule has 1 aliphatic carbocycles. The minimum atomic E-state index is -0.501. The quantitative estimate of drug-likeness (QED) is 0.683. The van der Waals surface area contributed by atoms with Crippen molar-refractivity contribution in [2.45, 2.75) is 19.3 Å². The third kappa shape index (κ3) is 4.34. The molecular weight excluding hydrogens is 304 g/mol. The van der Waals surface area contributed by atoms with Crippen LogP contribution in [0, 0.1) is 17.2 Å². The molecule has 6 heteroatoms. The molecule has 0 saturated heterocycles. The number of hydrogen-bond acceptors (Lipinski definition) is 4. The van der Waals surface area contributed by atoms with Gasteiger partial charge in [0.1, 0.15) is 6.07 Å². The lowest BCUT2D eigenvalue weighted by Gasteiger charge is -2.16. The van der Waals surface area contributed by atoms with E-state index in [4.69, 9.17) is 21.6 Å². The van der Waals surface area contributed by atoms with Crippen molar-refractivity contribution in [1.29, 1.82) is 5.26 Å². The first kappa shape index (κ1) is 16.1. The zero-order valence-electron chi connectivity index (χ0n) is 11.8. The summed E-state index contributed by atoms with van der Waals surface area (Å²) < 4.78 is 5.02. The van der Waals surface area contributed by atoms with Crippen molar-refractivity contribution in [3.8, 4) is 6.07 Å². The van der Waals surface area contributed by atoms with Crippen molar-refractivity contribution in [1.82, 2.24) is 0 Å². The number of anilines is 1. The summed E-state index contributed by atoms with van der Waals surface area (Å²) >= 11 is 5.83. The molecule has 22 heavy (non-hydrogen) atoms. The zero-order valence-corrected chi connectivity index (χ0v) is 12.6. The van der Waals surface area contributed by atoms with Crippen LogP contribution in [0.5, 0.6) is 0 Å². The normalized spacial score (nSPS) is 16.6. The molecule has 114 valence electrons. The molecule has 1 aromatic carbocycles. The van der Waals surface area contributed by atoms with Gasteiger partial charge in [-0.05, 0) is 37.5 Å². The summed E-state index contributed by atoms with van der Waals surface area (Å²) in [5.74, 6) is -1.05. The van der Waals surface area contributed by atoms with E-state index in [1.54, 1.807) is 6.07 Å². The maximum atomic E-state index is 11.8. The maximum Gasteiger partial charge on any atom is 0.309 e. The standard InChI is InChI=1S/C16H15ClN2O3/c17-13-7-6-12(9-18)14(8-13)19-15(20)10-22-16(21)11-4-2-1-3-5-11/h1-2,6-8,11H,3-5,10H2,(H,19,20)/t11-/m1/s1. The van der Waals surface area contributed by atoms with Gasteiger partial charge in [0.2, 0.25) is 0 Å². The van der Waals surface area contributed by atoms with E-state index in [1.165, 1.54) is 12.1 Å². The summed E-state index contributed by atoms with van der Waals surface area (Å²) in [6.07, 6.45) is 6.21. The van der Waals surface area contributed by atoms with Gasteiger partial charge in [-0.1, -0.05) is 23.8 Å². The molecule has 0 spiro atoms. The summed E-state index contributed by atoms with van der Waals surface area (Å²) in [7, 11) is 0. The fourth-order valence-electron chi connectivity index (χ4n) is 2.17. The minimum Gasteiger partial charge on any atom is -0.455 e. The fourth-order valence-corrected chi connectivity index (χ4v) is 2.34. The predicted octanol–water partition coefficient (Wildman–Crippen LogP) is 3.05. The number of amides is 1. The largest absolute Gasteiger partial charge is 0.455 e. The van der Waals surface area contributed by atoms with Gasteiger partial charge in [-0.25, -0.2) is 0 Å². The molecule has 1 N–H and O–H groups in total. The minimum absolute atomic E-state index is 0.182. The number of nitrogens with zero attached hydrogens (tertiary/aromatic N) is 1. The molecule has 0 aliphatic heterocycles. The van der Waals surface area contributed by atoms with E-state index in [0.29, 0.717) is 22.7 Å². The molecule has 1 aromatic rings. The Morgan fingerprint density at radius 2 is 2.23 bits per heavy atom. The van der Waals surface area contributed by atoms with Gasteiger partial charge in [0.25, 0.3) is 5.91 Å². The molecule has 0 bridgehead atoms. The number of allylic oxidation sites excluding steroid dienone is 2. The average Bonchev–Trinajstić information content (AvgIpc) is 2.53. The van der Waals surface area contributed by atoms with E-state index in [-0.39, 0.29) is 18.5 Å². The van der Waals surface area contributed by atoms with Crippen LogP contribution in [0.3, 0.4) is 0 Å². The summed E-state index contributed by atoms with van der Waals surface area (Å²) in [5, 5.41) is 11.9. The van der Waals surface area contributed by atoms with Crippen molar-refractivity contribution < 1.29 is 14.3 Å². The van der Waals surface area contributed by atoms with Crippen LogP contribution in [0.4, 0.5) is 5.69 Å². The molecule has 0 aromatic heterocycles. The maximum absolute atomic E-state index is 11.8. The molecule has 0 radical (unpaired) electrons. The zero-order chi connectivity index (χ0) is 15.9. The number of carbonyl (C=O) groups excluding carboxylic acids is 2. The monoisotopic (exact) mass is 318 g/mol. The Morgan fingerprint density at radius 1 is 1.41 bits per heavy atom. The predicted molar refractivity (Wildman–Crippen MR) is 82.2 cm³/mol. The second-order valence-electron chi connectivity index (χ2n) is 4.94. The Bertz CT molecular complexity index is 649. The van der Waals surface area contributed by atoms with Gasteiger partial charge in [-0.3, -0.25) is 9.59 Å². The second-order valence-corrected chi connectivity index (χ2v) is 5.38. The Kier molecular flexibility index (Phi) is 5.56. The number of rotatable bonds is 4. The van der Waals surface area contributed by atoms with Gasteiger partial charge in [0, 0.05) is 5.02 Å². The lowest BCUT2D eigenvalue weighted by Crippen LogP contribution is -2.25.